The Labute approximate surface area is 529 Å². The van der Waals surface area contributed by atoms with Gasteiger partial charge in [0.25, 0.3) is 5.91 Å². The van der Waals surface area contributed by atoms with Gasteiger partial charge in [-0.2, -0.15) is 0 Å². The smallest absolute Gasteiger partial charge is 0.320 e. The molecule has 4 aliphatic rings. The summed E-state index contributed by atoms with van der Waals surface area (Å²) in [4.78, 5) is 63.8. The number of hydrogen-bond acceptors (Lipinski definition) is 23. The summed E-state index contributed by atoms with van der Waals surface area (Å²) in [6.45, 7) is 19.0. The highest BCUT2D eigenvalue weighted by atomic mass is 16.7. The first kappa shape index (κ1) is 70.0. The molecule has 0 saturated carbocycles. The predicted octanol–water partition coefficient (Wildman–Crippen LogP) is 5.01. The first-order valence-corrected chi connectivity index (χ1v) is 31.4. The molecule has 2 aromatic carbocycles. The van der Waals surface area contributed by atoms with Crippen molar-refractivity contribution in [1.29, 1.82) is 0 Å². The number of carbonyl (C=O) groups excluding carboxylic acids is 3. The van der Waals surface area contributed by atoms with E-state index in [1.165, 1.54) is 14.0 Å². The Morgan fingerprint density at radius 3 is 2.24 bits per heavy atom. The summed E-state index contributed by atoms with van der Waals surface area (Å²) in [6, 6.07) is 17.5. The topological polar surface area (TPSA) is 293 Å². The molecule has 7 N–H and O–H groups in total. The number of anilines is 4. The monoisotopic (exact) mass is 1260 g/mol. The van der Waals surface area contributed by atoms with Crippen LogP contribution < -0.4 is 15.5 Å². The molecule has 0 bridgehead atoms. The molecule has 2 aromatic heterocycles. The second-order valence-electron chi connectivity index (χ2n) is 26.3. The summed E-state index contributed by atoms with van der Waals surface area (Å²) in [5.74, 6) is -3.67. The molecule has 18 atom stereocenters. The van der Waals surface area contributed by atoms with Crippen molar-refractivity contribution in [3.8, 4) is 11.3 Å². The third kappa shape index (κ3) is 16.7. The van der Waals surface area contributed by atoms with E-state index in [1.807, 2.05) is 98.1 Å². The second-order valence-corrected chi connectivity index (χ2v) is 26.3. The third-order valence-electron chi connectivity index (χ3n) is 18.8. The van der Waals surface area contributed by atoms with E-state index in [0.717, 1.165) is 28.2 Å². The molecule has 6 heterocycles. The number of amides is 1. The maximum Gasteiger partial charge on any atom is 0.320 e. The van der Waals surface area contributed by atoms with Crippen molar-refractivity contribution < 1.29 is 73.1 Å². The molecule has 0 unspecified atom stereocenters. The molecule has 1 amide bonds. The summed E-state index contributed by atoms with van der Waals surface area (Å²) in [6.07, 6.45) is -5.25. The Morgan fingerprint density at radius 1 is 0.878 bits per heavy atom. The number of likely N-dealkylation sites (N-methyl/N-ethyl adjacent to an activating group) is 2. The summed E-state index contributed by atoms with van der Waals surface area (Å²) in [5.41, 5.74) is 0.298. The lowest BCUT2D eigenvalue weighted by Gasteiger charge is -2.49. The van der Waals surface area contributed by atoms with Crippen LogP contribution in [-0.4, -0.2) is 237 Å². The number of aliphatic hydroxyl groups excluding tert-OH is 3. The van der Waals surface area contributed by atoms with E-state index in [2.05, 4.69) is 30.5 Å². The standard InChI is InChI=1S/C66H97N9O15/c1-38-32-64(8,82)59(41(4)55(89-54-33-65(9,84-14)58(79)44(7)86-54)42(5)61(81)87-52(37-76)66(10,83)57(78)43(6)73(13)35-38)90-62-56(51(72(11)12)30-40(3)85-62)88-53(77)36-74-26-28-75(29-27-74)48-21-18-45(19-22-48)60(80)69-47-20-17-39(2)50(31-47)71-63-68-25-23-49(70-63)46-16-15-24-67-34-46/h15-25,31,34,38,40-44,51-52,54-59,62,76,78-79,82-83H,26-30,32-33,35-37H2,1-14H3,(H,69,80)(H,68,70,71)/t38-,40-,41+,42-,43-,44+,51+,52-,54+,55+,56-,57-,58+,59-,62+,64-,65-,66-/m1/s1. The summed E-state index contributed by atoms with van der Waals surface area (Å²) < 4.78 is 45.1. The lowest BCUT2D eigenvalue weighted by Crippen LogP contribution is -2.61. The fourth-order valence-electron chi connectivity index (χ4n) is 13.2. The summed E-state index contributed by atoms with van der Waals surface area (Å²) >= 11 is 0. The van der Waals surface area contributed by atoms with Crippen molar-refractivity contribution in [1.82, 2.24) is 29.7 Å². The van der Waals surface area contributed by atoms with Crippen molar-refractivity contribution in [2.75, 3.05) is 89.7 Å². The molecular weight excluding hydrogens is 1160 g/mol. The van der Waals surface area contributed by atoms with Crippen LogP contribution in [0.3, 0.4) is 0 Å². The van der Waals surface area contributed by atoms with Gasteiger partial charge in [0, 0.05) is 105 Å². The Hall–Kier alpha value is -5.84. The van der Waals surface area contributed by atoms with Crippen LogP contribution in [0.5, 0.6) is 0 Å². The number of methoxy groups -OCH3 is 1. The molecule has 4 fully saturated rings. The van der Waals surface area contributed by atoms with E-state index in [9.17, 15) is 39.9 Å². The van der Waals surface area contributed by atoms with E-state index in [1.54, 1.807) is 79.3 Å². The zero-order valence-corrected chi connectivity index (χ0v) is 54.7. The van der Waals surface area contributed by atoms with Gasteiger partial charge in [-0.05, 0) is 155 Å². The average Bonchev–Trinajstić information content (AvgIpc) is 1.05. The number of nitrogens with one attached hydrogen (secondary N) is 2. The van der Waals surface area contributed by atoms with E-state index in [0.29, 0.717) is 56.3 Å². The molecule has 496 valence electrons. The van der Waals surface area contributed by atoms with Gasteiger partial charge in [0.05, 0.1) is 66.4 Å². The molecule has 4 aromatic rings. The maximum absolute atomic E-state index is 14.6. The Balaban J connectivity index is 0.965. The molecule has 4 saturated heterocycles. The van der Waals surface area contributed by atoms with E-state index >= 15 is 0 Å². The van der Waals surface area contributed by atoms with Gasteiger partial charge in [0.15, 0.2) is 24.8 Å². The zero-order chi connectivity index (χ0) is 65.6. The van der Waals surface area contributed by atoms with Crippen LogP contribution in [0.2, 0.25) is 0 Å². The van der Waals surface area contributed by atoms with Gasteiger partial charge in [-0.15, -0.1) is 0 Å². The largest absolute Gasteiger partial charge is 0.456 e. The number of hydrogen-bond donors (Lipinski definition) is 7. The van der Waals surface area contributed by atoms with Crippen LogP contribution in [0.4, 0.5) is 23.0 Å². The minimum atomic E-state index is -2.11. The lowest BCUT2D eigenvalue weighted by atomic mass is 9.77. The van der Waals surface area contributed by atoms with Crippen LogP contribution in [0, 0.1) is 24.7 Å². The number of rotatable bonds is 16. The highest BCUT2D eigenvalue weighted by Crippen LogP contribution is 2.41. The van der Waals surface area contributed by atoms with Crippen LogP contribution in [0.25, 0.3) is 11.3 Å². The van der Waals surface area contributed by atoms with Crippen molar-refractivity contribution in [3.63, 3.8) is 0 Å². The van der Waals surface area contributed by atoms with Crippen molar-refractivity contribution in [2.45, 2.75) is 179 Å². The van der Waals surface area contributed by atoms with Gasteiger partial charge < -0.3 is 84.0 Å². The Kier molecular flexibility index (Phi) is 23.2. The van der Waals surface area contributed by atoms with E-state index in [-0.39, 0.29) is 31.2 Å². The average molecular weight is 1260 g/mol. The molecule has 4 aliphatic heterocycles. The number of carbonyl (C=O) groups is 3. The first-order chi connectivity index (χ1) is 42.5. The minimum absolute atomic E-state index is 0.0329. The molecule has 24 heteroatoms. The molecule has 0 aliphatic carbocycles. The molecule has 24 nitrogen and oxygen atoms in total. The molecular formula is C66H97N9O15. The van der Waals surface area contributed by atoms with Gasteiger partial charge in [-0.1, -0.05) is 19.9 Å². The number of pyridine rings is 1. The Morgan fingerprint density at radius 2 is 1.59 bits per heavy atom. The number of ether oxygens (including phenoxy) is 7. The summed E-state index contributed by atoms with van der Waals surface area (Å²) in [5, 5.41) is 64.7. The van der Waals surface area contributed by atoms with Crippen LogP contribution in [-0.2, 0) is 42.7 Å². The van der Waals surface area contributed by atoms with E-state index in [4.69, 9.17) is 33.2 Å². The van der Waals surface area contributed by atoms with Gasteiger partial charge in [-0.25, -0.2) is 9.97 Å². The number of aliphatic hydroxyl groups is 5. The molecule has 0 spiro atoms. The second kappa shape index (κ2) is 29.8. The number of piperazine rings is 1. The van der Waals surface area contributed by atoms with Crippen LogP contribution in [0.1, 0.15) is 97.5 Å². The zero-order valence-electron chi connectivity index (χ0n) is 54.7. The predicted molar refractivity (Wildman–Crippen MR) is 338 cm³/mol. The van der Waals surface area contributed by atoms with Crippen molar-refractivity contribution >= 4 is 40.9 Å². The summed E-state index contributed by atoms with van der Waals surface area (Å²) in [7, 11) is 7.04. The fraction of sp³-hybridized carbons (Fsp3) is 0.636. The minimum Gasteiger partial charge on any atom is -0.456 e. The quantitative estimate of drug-likeness (QED) is 0.0726. The maximum atomic E-state index is 14.6. The van der Waals surface area contributed by atoms with Gasteiger partial charge in [0.2, 0.25) is 5.95 Å². The number of cyclic esters (lactones) is 1. The van der Waals surface area contributed by atoms with Gasteiger partial charge in [-0.3, -0.25) is 24.3 Å². The molecule has 90 heavy (non-hydrogen) atoms. The van der Waals surface area contributed by atoms with Crippen LogP contribution >= 0.6 is 0 Å². The number of nitrogens with zero attached hydrogens (tertiary/aromatic N) is 7. The Bertz CT molecular complexity index is 3010. The van der Waals surface area contributed by atoms with Gasteiger partial charge >= 0.3 is 11.9 Å². The molecule has 8 rings (SSSR count). The van der Waals surface area contributed by atoms with Gasteiger partial charge in [0.1, 0.15) is 17.8 Å². The number of aromatic nitrogens is 3. The molecule has 0 radical (unpaired) electrons. The first-order valence-electron chi connectivity index (χ1n) is 31.4. The van der Waals surface area contributed by atoms with E-state index < -0.39 is 121 Å². The number of aryl methyl sites for hydroxylation is 1. The van der Waals surface area contributed by atoms with Crippen molar-refractivity contribution in [3.05, 3.63) is 90.4 Å². The van der Waals surface area contributed by atoms with Crippen molar-refractivity contribution in [2.24, 2.45) is 17.8 Å². The highest BCUT2D eigenvalue weighted by Gasteiger charge is 2.54. The highest BCUT2D eigenvalue weighted by molar-refractivity contribution is 6.04. The third-order valence-corrected chi connectivity index (χ3v) is 18.8. The fourth-order valence-corrected chi connectivity index (χ4v) is 13.2. The SMILES string of the molecule is CO[C@]1(C)C[C@H](O[C@H]2[C@H](C)[C@@H](O[C@@H]3O[C@H](C)C[C@H](N(C)C)[C@H]3OC(=O)CN3CCN(c4ccc(C(=O)Nc5ccc(C)c(Nc6nccc(-c7cccnc7)n6)c5)cc4)CC3)[C@](C)(O)C[C@@H](C)CN(C)[C@H](C)[C@@H](O)[C@](C)(O)[C@@H](CO)OC(=O)[C@@H]2C)O[C@@H](C)[C@@H]1O. The number of esters is 2. The lowest BCUT2D eigenvalue weighted by molar-refractivity contribution is -0.319. The normalized spacial score (nSPS) is 34.6. The van der Waals surface area contributed by atoms with Crippen LogP contribution in [0.15, 0.2) is 79.3 Å². The number of benzene rings is 2.